The lowest BCUT2D eigenvalue weighted by atomic mass is 9.89. The monoisotopic (exact) mass is 411 g/mol. The van der Waals surface area contributed by atoms with Crippen molar-refractivity contribution >= 4 is 11.9 Å². The van der Waals surface area contributed by atoms with Crippen LogP contribution in [-0.2, 0) is 5.41 Å². The molecule has 0 radical (unpaired) electrons. The van der Waals surface area contributed by atoms with Crippen LogP contribution in [0, 0.1) is 12.8 Å². The molecule has 0 atom stereocenters. The Morgan fingerprint density at radius 3 is 2.43 bits per heavy atom. The van der Waals surface area contributed by atoms with E-state index in [0.29, 0.717) is 18.1 Å². The minimum absolute atomic E-state index is 0.0740. The lowest BCUT2D eigenvalue weighted by Gasteiger charge is -2.32. The number of nitrogens with zero attached hydrogens (tertiary/aromatic N) is 3. The van der Waals surface area contributed by atoms with Gasteiger partial charge < -0.3 is 14.7 Å². The molecule has 1 aromatic heterocycles. The average Bonchev–Trinajstić information content (AvgIpc) is 2.71. The van der Waals surface area contributed by atoms with E-state index in [4.69, 9.17) is 9.84 Å². The molecule has 6 nitrogen and oxygen atoms in total. The van der Waals surface area contributed by atoms with Gasteiger partial charge in [0.05, 0.1) is 12.2 Å². The second-order valence-corrected chi connectivity index (χ2v) is 9.22. The van der Waals surface area contributed by atoms with Gasteiger partial charge in [-0.2, -0.15) is 0 Å². The number of ether oxygens (including phenoxy) is 1. The molecule has 6 heteroatoms. The molecule has 1 aliphatic rings. The molecule has 0 bridgehead atoms. The van der Waals surface area contributed by atoms with Gasteiger partial charge in [0.2, 0.25) is 5.95 Å². The zero-order chi connectivity index (χ0) is 21.7. The minimum Gasteiger partial charge on any atom is -0.494 e. The Bertz CT molecular complexity index is 851. The third kappa shape index (κ3) is 5.71. The first kappa shape index (κ1) is 22.1. The Morgan fingerprint density at radius 2 is 1.87 bits per heavy atom. The van der Waals surface area contributed by atoms with E-state index >= 15 is 0 Å². The van der Waals surface area contributed by atoms with Crippen LogP contribution >= 0.6 is 0 Å². The van der Waals surface area contributed by atoms with Crippen molar-refractivity contribution in [2.75, 3.05) is 24.6 Å². The molecule has 1 N–H and O–H groups in total. The quantitative estimate of drug-likeness (QED) is 0.656. The number of piperidine rings is 1. The standard InChI is InChI=1S/C24H33N3O3/c1-17-14-20(7-8-21(17)22(28)29)30-13-5-6-18-9-11-27(12-10-18)23-25-15-19(16-26-23)24(2,3)4/h7-8,14-16,18H,5-6,9-13H2,1-4H3,(H,28,29). The van der Waals surface area contributed by atoms with Crippen LogP contribution in [0.4, 0.5) is 5.95 Å². The number of hydrogen-bond acceptors (Lipinski definition) is 5. The number of aromatic carboxylic acids is 1. The van der Waals surface area contributed by atoms with Crippen LogP contribution in [0.1, 0.15) is 67.9 Å². The second kappa shape index (κ2) is 9.45. The van der Waals surface area contributed by atoms with Gasteiger partial charge in [0, 0.05) is 25.5 Å². The van der Waals surface area contributed by atoms with Crippen LogP contribution in [0.2, 0.25) is 0 Å². The fourth-order valence-electron chi connectivity index (χ4n) is 3.82. The van der Waals surface area contributed by atoms with Gasteiger partial charge in [-0.25, -0.2) is 14.8 Å². The summed E-state index contributed by atoms with van der Waals surface area (Å²) in [5, 5.41) is 9.10. The molecule has 0 amide bonds. The van der Waals surface area contributed by atoms with E-state index in [1.165, 1.54) is 0 Å². The lowest BCUT2D eigenvalue weighted by Crippen LogP contribution is -2.35. The summed E-state index contributed by atoms with van der Waals surface area (Å²) in [4.78, 5) is 22.5. The Balaban J connectivity index is 1.39. The van der Waals surface area contributed by atoms with Gasteiger partial charge in [-0.1, -0.05) is 20.8 Å². The van der Waals surface area contributed by atoms with Gasteiger partial charge >= 0.3 is 5.97 Å². The van der Waals surface area contributed by atoms with Crippen LogP contribution < -0.4 is 9.64 Å². The van der Waals surface area contributed by atoms with E-state index < -0.39 is 5.97 Å². The molecule has 0 saturated carbocycles. The predicted octanol–water partition coefficient (Wildman–Crippen LogP) is 4.86. The highest BCUT2D eigenvalue weighted by Crippen LogP contribution is 2.26. The molecule has 3 rings (SSSR count). The highest BCUT2D eigenvalue weighted by Gasteiger charge is 2.22. The van der Waals surface area contributed by atoms with Crippen molar-refractivity contribution in [1.82, 2.24) is 9.97 Å². The molecule has 1 aromatic carbocycles. The third-order valence-corrected chi connectivity index (χ3v) is 5.86. The molecule has 162 valence electrons. The Hall–Kier alpha value is -2.63. The smallest absolute Gasteiger partial charge is 0.335 e. The van der Waals surface area contributed by atoms with Gasteiger partial charge in [-0.3, -0.25) is 0 Å². The van der Waals surface area contributed by atoms with Crippen molar-refractivity contribution in [3.63, 3.8) is 0 Å². The lowest BCUT2D eigenvalue weighted by molar-refractivity contribution is 0.0696. The highest BCUT2D eigenvalue weighted by atomic mass is 16.5. The minimum atomic E-state index is -0.902. The van der Waals surface area contributed by atoms with E-state index in [1.54, 1.807) is 25.1 Å². The van der Waals surface area contributed by atoms with E-state index in [-0.39, 0.29) is 5.41 Å². The largest absolute Gasteiger partial charge is 0.494 e. The Labute approximate surface area is 179 Å². The average molecular weight is 412 g/mol. The number of aryl methyl sites for hydroxylation is 1. The summed E-state index contributed by atoms with van der Waals surface area (Å²) in [6.07, 6.45) is 8.35. The fourth-order valence-corrected chi connectivity index (χ4v) is 3.82. The summed E-state index contributed by atoms with van der Waals surface area (Å²) in [6.45, 7) is 11.0. The van der Waals surface area contributed by atoms with Gasteiger partial charge in [-0.05, 0) is 73.3 Å². The third-order valence-electron chi connectivity index (χ3n) is 5.86. The molecule has 0 spiro atoms. The van der Waals surface area contributed by atoms with Crippen molar-refractivity contribution < 1.29 is 14.6 Å². The summed E-state index contributed by atoms with van der Waals surface area (Å²) in [6, 6.07) is 5.14. The molecular weight excluding hydrogens is 378 g/mol. The van der Waals surface area contributed by atoms with Gasteiger partial charge in [0.25, 0.3) is 0 Å². The number of rotatable bonds is 7. The maximum absolute atomic E-state index is 11.1. The van der Waals surface area contributed by atoms with Gasteiger partial charge in [0.1, 0.15) is 5.75 Å². The summed E-state index contributed by atoms with van der Waals surface area (Å²) in [5.41, 5.74) is 2.29. The van der Waals surface area contributed by atoms with Gasteiger partial charge in [0.15, 0.2) is 0 Å². The Morgan fingerprint density at radius 1 is 1.20 bits per heavy atom. The Kier molecular flexibility index (Phi) is 6.95. The van der Waals surface area contributed by atoms with Crippen LogP contribution in [0.15, 0.2) is 30.6 Å². The summed E-state index contributed by atoms with van der Waals surface area (Å²) >= 11 is 0. The van der Waals surface area contributed by atoms with Gasteiger partial charge in [-0.15, -0.1) is 0 Å². The SMILES string of the molecule is Cc1cc(OCCCC2CCN(c3ncc(C(C)(C)C)cn3)CC2)ccc1C(=O)O. The number of benzene rings is 1. The van der Waals surface area contributed by atoms with Crippen LogP contribution in [0.3, 0.4) is 0 Å². The number of carbonyl (C=O) groups is 1. The van der Waals surface area contributed by atoms with Crippen LogP contribution in [0.25, 0.3) is 0 Å². The zero-order valence-electron chi connectivity index (χ0n) is 18.5. The van der Waals surface area contributed by atoms with Crippen molar-refractivity contribution in [1.29, 1.82) is 0 Å². The summed E-state index contributed by atoms with van der Waals surface area (Å²) in [5.74, 6) is 1.38. The molecule has 0 unspecified atom stereocenters. The molecule has 0 aliphatic carbocycles. The molecule has 2 heterocycles. The van der Waals surface area contributed by atoms with Crippen molar-refractivity contribution in [3.8, 4) is 5.75 Å². The molecule has 1 saturated heterocycles. The number of hydrogen-bond donors (Lipinski definition) is 1. The van der Waals surface area contributed by atoms with Crippen LogP contribution in [-0.4, -0.2) is 40.7 Å². The molecule has 1 fully saturated rings. The zero-order valence-corrected chi connectivity index (χ0v) is 18.5. The highest BCUT2D eigenvalue weighted by molar-refractivity contribution is 5.89. The summed E-state index contributed by atoms with van der Waals surface area (Å²) in [7, 11) is 0. The fraction of sp³-hybridized carbons (Fsp3) is 0.542. The van der Waals surface area contributed by atoms with Crippen LogP contribution in [0.5, 0.6) is 5.75 Å². The first-order chi connectivity index (χ1) is 14.2. The topological polar surface area (TPSA) is 75.5 Å². The molecule has 30 heavy (non-hydrogen) atoms. The number of anilines is 1. The predicted molar refractivity (Wildman–Crippen MR) is 119 cm³/mol. The van der Waals surface area contributed by atoms with Crippen molar-refractivity contribution in [2.24, 2.45) is 5.92 Å². The number of carboxylic acids is 1. The second-order valence-electron chi connectivity index (χ2n) is 9.22. The molecular formula is C24H33N3O3. The first-order valence-electron chi connectivity index (χ1n) is 10.8. The van der Waals surface area contributed by atoms with E-state index in [2.05, 4.69) is 35.6 Å². The maximum Gasteiger partial charge on any atom is 0.335 e. The van der Waals surface area contributed by atoms with Crippen molar-refractivity contribution in [3.05, 3.63) is 47.3 Å². The number of carboxylic acid groups (broad SMARTS) is 1. The first-order valence-corrected chi connectivity index (χ1v) is 10.8. The maximum atomic E-state index is 11.1. The van der Waals surface area contributed by atoms with Crippen molar-refractivity contribution in [2.45, 2.75) is 58.8 Å². The number of aromatic nitrogens is 2. The normalized spacial score (nSPS) is 15.3. The van der Waals surface area contributed by atoms with E-state index in [9.17, 15) is 4.79 Å². The summed E-state index contributed by atoms with van der Waals surface area (Å²) < 4.78 is 5.82. The van der Waals surface area contributed by atoms with E-state index in [0.717, 1.165) is 61.6 Å². The molecule has 1 aliphatic heterocycles. The van der Waals surface area contributed by atoms with E-state index in [1.807, 2.05) is 12.4 Å². The molecule has 2 aromatic rings.